The van der Waals surface area contributed by atoms with E-state index in [0.29, 0.717) is 5.92 Å². The summed E-state index contributed by atoms with van der Waals surface area (Å²) < 4.78 is 0.808. The number of aromatic nitrogens is 2. The van der Waals surface area contributed by atoms with Crippen LogP contribution in [0.15, 0.2) is 34.2 Å². The Bertz CT molecular complexity index is 444. The predicted octanol–water partition coefficient (Wildman–Crippen LogP) is 3.52. The van der Waals surface area contributed by atoms with Gasteiger partial charge in [-0.3, -0.25) is 0 Å². The molecule has 0 bridgehead atoms. The average Bonchev–Trinajstić information content (AvgIpc) is 2.73. The van der Waals surface area contributed by atoms with E-state index >= 15 is 0 Å². The Hall–Kier alpha value is -0.940. The number of halogens is 1. The summed E-state index contributed by atoms with van der Waals surface area (Å²) in [5.74, 6) is 0.462. The van der Waals surface area contributed by atoms with Crippen LogP contribution in [0.3, 0.4) is 0 Å². The van der Waals surface area contributed by atoms with E-state index in [1.54, 1.807) is 0 Å². The number of rotatable bonds is 4. The molecule has 2 rings (SSSR count). The van der Waals surface area contributed by atoms with Gasteiger partial charge in [-0.15, -0.1) is 10.2 Å². The van der Waals surface area contributed by atoms with Crippen molar-refractivity contribution in [2.24, 2.45) is 0 Å². The third-order valence-corrected chi connectivity index (χ3v) is 3.64. The molecule has 0 aliphatic rings. The quantitative estimate of drug-likeness (QED) is 0.938. The number of hydrogen-bond donors (Lipinski definition) is 1. The van der Waals surface area contributed by atoms with E-state index in [0.717, 1.165) is 15.6 Å². The number of hydrogen-bond acceptors (Lipinski definition) is 4. The van der Waals surface area contributed by atoms with Crippen molar-refractivity contribution in [3.63, 3.8) is 0 Å². The molecule has 1 unspecified atom stereocenters. The largest absolute Gasteiger partial charge is 0.359 e. The van der Waals surface area contributed by atoms with Crippen molar-refractivity contribution in [3.05, 3.63) is 39.8 Å². The van der Waals surface area contributed by atoms with Gasteiger partial charge in [0.2, 0.25) is 5.13 Å². The number of anilines is 1. The standard InChI is InChI=1S/C11H12BrN3S/c1-8(9-5-3-2-4-6-9)7-13-11-15-14-10(12)16-11/h2-6,8H,7H2,1H3,(H,13,15). The van der Waals surface area contributed by atoms with E-state index in [1.807, 2.05) is 6.07 Å². The lowest BCUT2D eigenvalue weighted by atomic mass is 10.0. The van der Waals surface area contributed by atoms with Gasteiger partial charge in [0, 0.05) is 6.54 Å². The van der Waals surface area contributed by atoms with E-state index < -0.39 is 0 Å². The molecular formula is C11H12BrN3S. The molecule has 0 fully saturated rings. The molecule has 0 amide bonds. The Balaban J connectivity index is 1.91. The van der Waals surface area contributed by atoms with Crippen LogP contribution < -0.4 is 5.32 Å². The van der Waals surface area contributed by atoms with Gasteiger partial charge >= 0.3 is 0 Å². The molecule has 1 aromatic carbocycles. The highest BCUT2D eigenvalue weighted by molar-refractivity contribution is 9.11. The summed E-state index contributed by atoms with van der Waals surface area (Å²) in [5.41, 5.74) is 1.33. The van der Waals surface area contributed by atoms with E-state index in [4.69, 9.17) is 0 Å². The van der Waals surface area contributed by atoms with Gasteiger partial charge in [0.1, 0.15) is 0 Å². The zero-order chi connectivity index (χ0) is 11.4. The summed E-state index contributed by atoms with van der Waals surface area (Å²) >= 11 is 4.80. The monoisotopic (exact) mass is 297 g/mol. The summed E-state index contributed by atoms with van der Waals surface area (Å²) in [5, 5.41) is 12.0. The van der Waals surface area contributed by atoms with Crippen LogP contribution in [-0.4, -0.2) is 16.7 Å². The lowest BCUT2D eigenvalue weighted by Crippen LogP contribution is -2.09. The predicted molar refractivity (Wildman–Crippen MR) is 71.0 cm³/mol. The zero-order valence-electron chi connectivity index (χ0n) is 8.85. The first-order valence-electron chi connectivity index (χ1n) is 5.03. The van der Waals surface area contributed by atoms with Gasteiger partial charge in [0.05, 0.1) is 0 Å². The van der Waals surface area contributed by atoms with Gasteiger partial charge in [-0.2, -0.15) is 0 Å². The fourth-order valence-electron chi connectivity index (χ4n) is 1.42. The van der Waals surface area contributed by atoms with Crippen molar-refractivity contribution in [2.75, 3.05) is 11.9 Å². The fourth-order valence-corrected chi connectivity index (χ4v) is 2.43. The highest BCUT2D eigenvalue weighted by Gasteiger charge is 2.06. The van der Waals surface area contributed by atoms with Crippen LogP contribution in [0.1, 0.15) is 18.4 Å². The van der Waals surface area contributed by atoms with Crippen LogP contribution >= 0.6 is 27.3 Å². The Labute approximate surface area is 107 Å². The SMILES string of the molecule is CC(CNc1nnc(Br)s1)c1ccccc1. The number of nitrogens with zero attached hydrogens (tertiary/aromatic N) is 2. The van der Waals surface area contributed by atoms with E-state index in [2.05, 4.69) is 62.6 Å². The Morgan fingerprint density at radius 1 is 1.31 bits per heavy atom. The molecule has 1 heterocycles. The highest BCUT2D eigenvalue weighted by Crippen LogP contribution is 2.21. The maximum Gasteiger partial charge on any atom is 0.206 e. The molecular weight excluding hydrogens is 286 g/mol. The number of nitrogens with one attached hydrogen (secondary N) is 1. The second kappa shape index (κ2) is 5.41. The summed E-state index contributed by atoms with van der Waals surface area (Å²) in [7, 11) is 0. The van der Waals surface area contributed by atoms with Crippen molar-refractivity contribution in [3.8, 4) is 0 Å². The highest BCUT2D eigenvalue weighted by atomic mass is 79.9. The van der Waals surface area contributed by atoms with Gasteiger partial charge in [-0.25, -0.2) is 0 Å². The molecule has 1 aromatic heterocycles. The third-order valence-electron chi connectivity index (χ3n) is 2.33. The first-order chi connectivity index (χ1) is 7.75. The molecule has 0 spiro atoms. The Morgan fingerprint density at radius 2 is 2.06 bits per heavy atom. The lowest BCUT2D eigenvalue weighted by Gasteiger charge is -2.11. The van der Waals surface area contributed by atoms with Gasteiger partial charge in [0.15, 0.2) is 3.92 Å². The van der Waals surface area contributed by atoms with E-state index in [9.17, 15) is 0 Å². The van der Waals surface area contributed by atoms with Crippen LogP contribution in [0.25, 0.3) is 0 Å². The van der Waals surface area contributed by atoms with E-state index in [-0.39, 0.29) is 0 Å². The normalized spacial score (nSPS) is 12.4. The summed E-state index contributed by atoms with van der Waals surface area (Å²) in [6, 6.07) is 10.4. The van der Waals surface area contributed by atoms with E-state index in [1.165, 1.54) is 16.9 Å². The average molecular weight is 298 g/mol. The minimum absolute atomic E-state index is 0.462. The van der Waals surface area contributed by atoms with Crippen LogP contribution in [0.5, 0.6) is 0 Å². The maximum absolute atomic E-state index is 3.99. The van der Waals surface area contributed by atoms with Crippen LogP contribution in [0, 0.1) is 0 Å². The van der Waals surface area contributed by atoms with Crippen LogP contribution in [0.4, 0.5) is 5.13 Å². The minimum Gasteiger partial charge on any atom is -0.359 e. The maximum atomic E-state index is 3.99. The molecule has 3 nitrogen and oxygen atoms in total. The van der Waals surface area contributed by atoms with Crippen molar-refractivity contribution >= 4 is 32.4 Å². The number of benzene rings is 1. The molecule has 5 heteroatoms. The molecule has 1 atom stereocenters. The molecule has 0 saturated heterocycles. The first-order valence-corrected chi connectivity index (χ1v) is 6.64. The van der Waals surface area contributed by atoms with Crippen molar-refractivity contribution < 1.29 is 0 Å². The molecule has 0 radical (unpaired) electrons. The summed E-state index contributed by atoms with van der Waals surface area (Å²) in [4.78, 5) is 0. The van der Waals surface area contributed by atoms with Gasteiger partial charge in [0.25, 0.3) is 0 Å². The van der Waals surface area contributed by atoms with Crippen molar-refractivity contribution in [1.29, 1.82) is 0 Å². The zero-order valence-corrected chi connectivity index (χ0v) is 11.3. The Morgan fingerprint density at radius 3 is 2.69 bits per heavy atom. The van der Waals surface area contributed by atoms with Crippen molar-refractivity contribution in [1.82, 2.24) is 10.2 Å². The smallest absolute Gasteiger partial charge is 0.206 e. The molecule has 84 valence electrons. The topological polar surface area (TPSA) is 37.8 Å². The fraction of sp³-hybridized carbons (Fsp3) is 0.273. The van der Waals surface area contributed by atoms with Crippen LogP contribution in [-0.2, 0) is 0 Å². The molecule has 0 aliphatic heterocycles. The minimum atomic E-state index is 0.462. The Kier molecular flexibility index (Phi) is 3.90. The molecule has 1 N–H and O–H groups in total. The third kappa shape index (κ3) is 3.02. The molecule has 0 saturated carbocycles. The summed E-state index contributed by atoms with van der Waals surface area (Å²) in [6.07, 6.45) is 0. The van der Waals surface area contributed by atoms with Crippen LogP contribution in [0.2, 0.25) is 0 Å². The summed E-state index contributed by atoms with van der Waals surface area (Å²) in [6.45, 7) is 3.06. The van der Waals surface area contributed by atoms with Gasteiger partial charge < -0.3 is 5.32 Å². The van der Waals surface area contributed by atoms with Gasteiger partial charge in [-0.1, -0.05) is 48.6 Å². The molecule has 2 aromatic rings. The molecule has 16 heavy (non-hydrogen) atoms. The van der Waals surface area contributed by atoms with Crippen molar-refractivity contribution in [2.45, 2.75) is 12.8 Å². The second-order valence-corrected chi connectivity index (χ2v) is 5.81. The first kappa shape index (κ1) is 11.5. The lowest BCUT2D eigenvalue weighted by molar-refractivity contribution is 0.802. The molecule has 0 aliphatic carbocycles. The second-order valence-electron chi connectivity index (χ2n) is 3.55. The van der Waals surface area contributed by atoms with Gasteiger partial charge in [-0.05, 0) is 27.4 Å².